The lowest BCUT2D eigenvalue weighted by Crippen LogP contribution is -2.45. The van der Waals surface area contributed by atoms with Gasteiger partial charge in [-0.05, 0) is 12.8 Å². The lowest BCUT2D eigenvalue weighted by molar-refractivity contribution is -0.142. The molecule has 0 amide bonds. The summed E-state index contributed by atoms with van der Waals surface area (Å²) in [5.74, 6) is -0.940. The molecule has 0 bridgehead atoms. The number of hydrogen-bond donors (Lipinski definition) is 2. The maximum Gasteiger partial charge on any atom is 0.320 e. The van der Waals surface area contributed by atoms with E-state index in [1.807, 2.05) is 0 Å². The maximum atomic E-state index is 10.7. The van der Waals surface area contributed by atoms with Crippen LogP contribution in [0, 0.1) is 5.92 Å². The average molecular weight is 187 g/mol. The molecule has 13 heavy (non-hydrogen) atoms. The lowest BCUT2D eigenvalue weighted by Gasteiger charge is -2.32. The SMILES string of the molecule is COC1CCCCC1[C@H](N)C(=O)O. The summed E-state index contributed by atoms with van der Waals surface area (Å²) in [6.45, 7) is 0. The second-order valence-corrected chi connectivity index (χ2v) is 3.59. The molecule has 0 radical (unpaired) electrons. The van der Waals surface area contributed by atoms with Gasteiger partial charge >= 0.3 is 5.97 Å². The largest absolute Gasteiger partial charge is 0.480 e. The van der Waals surface area contributed by atoms with Crippen molar-refractivity contribution in [3.63, 3.8) is 0 Å². The summed E-state index contributed by atoms with van der Waals surface area (Å²) in [6.07, 6.45) is 4.00. The lowest BCUT2D eigenvalue weighted by atomic mass is 9.82. The van der Waals surface area contributed by atoms with Gasteiger partial charge < -0.3 is 15.6 Å². The summed E-state index contributed by atoms with van der Waals surface area (Å²) in [7, 11) is 1.62. The summed E-state index contributed by atoms with van der Waals surface area (Å²) in [5, 5.41) is 8.77. The van der Waals surface area contributed by atoms with Crippen LogP contribution in [0.5, 0.6) is 0 Å². The van der Waals surface area contributed by atoms with Crippen LogP contribution in [0.25, 0.3) is 0 Å². The van der Waals surface area contributed by atoms with Crippen LogP contribution in [0.15, 0.2) is 0 Å². The van der Waals surface area contributed by atoms with Gasteiger partial charge in [-0.25, -0.2) is 0 Å². The molecular formula is C9H17NO3. The first kappa shape index (κ1) is 10.5. The van der Waals surface area contributed by atoms with E-state index in [4.69, 9.17) is 15.6 Å². The van der Waals surface area contributed by atoms with Gasteiger partial charge in [-0.2, -0.15) is 0 Å². The van der Waals surface area contributed by atoms with Gasteiger partial charge in [0.1, 0.15) is 6.04 Å². The Bertz CT molecular complexity index is 184. The van der Waals surface area contributed by atoms with Crippen molar-refractivity contribution in [2.75, 3.05) is 7.11 Å². The molecule has 1 aliphatic rings. The van der Waals surface area contributed by atoms with E-state index < -0.39 is 12.0 Å². The number of carboxylic acid groups (broad SMARTS) is 1. The zero-order valence-electron chi connectivity index (χ0n) is 7.90. The van der Waals surface area contributed by atoms with Crippen LogP contribution in [0.4, 0.5) is 0 Å². The second-order valence-electron chi connectivity index (χ2n) is 3.59. The molecule has 0 spiro atoms. The van der Waals surface area contributed by atoms with E-state index in [0.717, 1.165) is 25.7 Å². The standard InChI is InChI=1S/C9H17NO3/c1-13-7-5-3-2-4-6(7)8(10)9(11)12/h6-8H,2-5,10H2,1H3,(H,11,12)/t6?,7?,8-/m0/s1. The Hall–Kier alpha value is -0.610. The highest BCUT2D eigenvalue weighted by Crippen LogP contribution is 2.28. The zero-order valence-corrected chi connectivity index (χ0v) is 7.90. The van der Waals surface area contributed by atoms with Crippen molar-refractivity contribution in [3.8, 4) is 0 Å². The van der Waals surface area contributed by atoms with Gasteiger partial charge in [0.2, 0.25) is 0 Å². The fourth-order valence-electron chi connectivity index (χ4n) is 2.01. The number of carboxylic acids is 1. The predicted octanol–water partition coefficient (Wildman–Crippen LogP) is 0.603. The highest BCUT2D eigenvalue weighted by molar-refractivity contribution is 5.73. The number of carbonyl (C=O) groups is 1. The normalized spacial score (nSPS) is 31.2. The number of aliphatic carboxylic acids is 1. The molecule has 2 unspecified atom stereocenters. The third kappa shape index (κ3) is 2.42. The maximum absolute atomic E-state index is 10.7. The van der Waals surface area contributed by atoms with Crippen molar-refractivity contribution < 1.29 is 14.6 Å². The van der Waals surface area contributed by atoms with Crippen LogP contribution in [0.2, 0.25) is 0 Å². The Kier molecular flexibility index (Phi) is 3.69. The van der Waals surface area contributed by atoms with E-state index in [-0.39, 0.29) is 12.0 Å². The summed E-state index contributed by atoms with van der Waals surface area (Å²) in [6, 6.07) is -0.773. The first-order valence-corrected chi connectivity index (χ1v) is 4.68. The van der Waals surface area contributed by atoms with Crippen molar-refractivity contribution in [3.05, 3.63) is 0 Å². The van der Waals surface area contributed by atoms with Crippen LogP contribution >= 0.6 is 0 Å². The molecule has 3 atom stereocenters. The monoisotopic (exact) mass is 187 g/mol. The fraction of sp³-hybridized carbons (Fsp3) is 0.889. The minimum absolute atomic E-state index is 0.0174. The smallest absolute Gasteiger partial charge is 0.320 e. The Morgan fingerprint density at radius 3 is 2.69 bits per heavy atom. The first-order valence-electron chi connectivity index (χ1n) is 4.68. The predicted molar refractivity (Wildman–Crippen MR) is 48.4 cm³/mol. The molecule has 4 heteroatoms. The molecule has 0 aromatic carbocycles. The van der Waals surface area contributed by atoms with Crippen molar-refractivity contribution in [2.45, 2.75) is 37.8 Å². The van der Waals surface area contributed by atoms with Crippen molar-refractivity contribution >= 4 is 5.97 Å². The van der Waals surface area contributed by atoms with Gasteiger partial charge in [0.15, 0.2) is 0 Å². The molecule has 76 valence electrons. The van der Waals surface area contributed by atoms with E-state index in [2.05, 4.69) is 0 Å². The minimum atomic E-state index is -0.922. The molecule has 0 aromatic heterocycles. The Morgan fingerprint density at radius 2 is 2.15 bits per heavy atom. The summed E-state index contributed by atoms with van der Waals surface area (Å²) < 4.78 is 5.23. The number of nitrogens with two attached hydrogens (primary N) is 1. The van der Waals surface area contributed by atoms with E-state index >= 15 is 0 Å². The number of hydrogen-bond acceptors (Lipinski definition) is 3. The van der Waals surface area contributed by atoms with Crippen molar-refractivity contribution in [2.24, 2.45) is 11.7 Å². The topological polar surface area (TPSA) is 72.5 Å². The van der Waals surface area contributed by atoms with E-state index in [1.165, 1.54) is 0 Å². The molecule has 3 N–H and O–H groups in total. The molecule has 0 aromatic rings. The van der Waals surface area contributed by atoms with Gasteiger partial charge in [-0.1, -0.05) is 12.8 Å². The number of ether oxygens (including phenoxy) is 1. The zero-order chi connectivity index (χ0) is 9.84. The van der Waals surface area contributed by atoms with E-state index in [1.54, 1.807) is 7.11 Å². The Labute approximate surface area is 78.1 Å². The average Bonchev–Trinajstić information content (AvgIpc) is 2.16. The second kappa shape index (κ2) is 4.58. The molecule has 0 aliphatic heterocycles. The van der Waals surface area contributed by atoms with Crippen molar-refractivity contribution in [1.29, 1.82) is 0 Å². The fourth-order valence-corrected chi connectivity index (χ4v) is 2.01. The first-order chi connectivity index (χ1) is 6.16. The van der Waals surface area contributed by atoms with Crippen molar-refractivity contribution in [1.82, 2.24) is 0 Å². The molecule has 0 heterocycles. The molecule has 4 nitrogen and oxygen atoms in total. The number of methoxy groups -OCH3 is 1. The molecule has 1 aliphatic carbocycles. The third-order valence-electron chi connectivity index (χ3n) is 2.80. The Morgan fingerprint density at radius 1 is 1.54 bits per heavy atom. The highest BCUT2D eigenvalue weighted by atomic mass is 16.5. The third-order valence-corrected chi connectivity index (χ3v) is 2.80. The molecule has 1 fully saturated rings. The summed E-state index contributed by atoms with van der Waals surface area (Å²) in [4.78, 5) is 10.7. The van der Waals surface area contributed by atoms with Gasteiger partial charge in [0.05, 0.1) is 6.10 Å². The van der Waals surface area contributed by atoms with Crippen LogP contribution in [0.1, 0.15) is 25.7 Å². The van der Waals surface area contributed by atoms with Crippen LogP contribution < -0.4 is 5.73 Å². The summed E-state index contributed by atoms with van der Waals surface area (Å²) in [5.41, 5.74) is 5.58. The highest BCUT2D eigenvalue weighted by Gasteiger charge is 2.33. The molecule has 0 saturated heterocycles. The van der Waals surface area contributed by atoms with Crippen LogP contribution in [-0.2, 0) is 9.53 Å². The van der Waals surface area contributed by atoms with Crippen LogP contribution in [-0.4, -0.2) is 30.3 Å². The Balaban J connectivity index is 2.58. The van der Waals surface area contributed by atoms with E-state index in [9.17, 15) is 4.79 Å². The molecule has 1 rings (SSSR count). The van der Waals surface area contributed by atoms with Gasteiger partial charge in [-0.3, -0.25) is 4.79 Å². The number of rotatable bonds is 3. The summed E-state index contributed by atoms with van der Waals surface area (Å²) >= 11 is 0. The molecular weight excluding hydrogens is 170 g/mol. The van der Waals surface area contributed by atoms with Gasteiger partial charge in [0.25, 0.3) is 0 Å². The quantitative estimate of drug-likeness (QED) is 0.678. The van der Waals surface area contributed by atoms with Gasteiger partial charge in [0, 0.05) is 13.0 Å². The van der Waals surface area contributed by atoms with E-state index in [0.29, 0.717) is 0 Å². The molecule has 1 saturated carbocycles. The van der Waals surface area contributed by atoms with Crippen LogP contribution in [0.3, 0.4) is 0 Å². The van der Waals surface area contributed by atoms with Gasteiger partial charge in [-0.15, -0.1) is 0 Å². The minimum Gasteiger partial charge on any atom is -0.480 e.